The number of hydrogen-bond acceptors (Lipinski definition) is 2. The van der Waals surface area contributed by atoms with Crippen molar-refractivity contribution in [1.29, 1.82) is 0 Å². The van der Waals surface area contributed by atoms with Gasteiger partial charge < -0.3 is 16.0 Å². The summed E-state index contributed by atoms with van der Waals surface area (Å²) in [4.78, 5) is 12.0. The number of carbonyl (C=O) groups excluding carboxylic acids is 1. The van der Waals surface area contributed by atoms with Gasteiger partial charge in [0.25, 0.3) is 0 Å². The van der Waals surface area contributed by atoms with E-state index in [1.54, 1.807) is 0 Å². The summed E-state index contributed by atoms with van der Waals surface area (Å²) in [5.74, 6) is -0.344. The molecule has 3 aromatic rings. The van der Waals surface area contributed by atoms with Crippen LogP contribution in [0.2, 0.25) is 0 Å². The third-order valence-corrected chi connectivity index (χ3v) is 3.93. The van der Waals surface area contributed by atoms with Crippen LogP contribution in [0.5, 0.6) is 0 Å². The van der Waals surface area contributed by atoms with Crippen LogP contribution in [0.3, 0.4) is 0 Å². The fourth-order valence-electron chi connectivity index (χ4n) is 2.55. The van der Waals surface area contributed by atoms with Crippen molar-refractivity contribution in [3.63, 3.8) is 0 Å². The molecule has 5 heteroatoms. The van der Waals surface area contributed by atoms with Crippen LogP contribution in [0.15, 0.2) is 78.9 Å². The van der Waals surface area contributed by atoms with Gasteiger partial charge in [0.1, 0.15) is 5.82 Å². The smallest absolute Gasteiger partial charge is 0.323 e. The summed E-state index contributed by atoms with van der Waals surface area (Å²) < 4.78 is 12.9. The highest BCUT2D eigenvalue weighted by atomic mass is 19.1. The molecule has 1 atom stereocenters. The van der Waals surface area contributed by atoms with Crippen LogP contribution in [0.1, 0.15) is 18.5 Å². The lowest BCUT2D eigenvalue weighted by atomic mass is 10.1. The summed E-state index contributed by atoms with van der Waals surface area (Å²) in [7, 11) is 0. The molecule has 0 bridgehead atoms. The number of hydrogen-bond donors (Lipinski definition) is 3. The molecule has 0 saturated carbocycles. The van der Waals surface area contributed by atoms with Gasteiger partial charge in [-0.1, -0.05) is 30.3 Å². The van der Waals surface area contributed by atoms with Crippen molar-refractivity contribution in [2.75, 3.05) is 16.0 Å². The Hall–Kier alpha value is -3.34. The van der Waals surface area contributed by atoms with E-state index in [0.29, 0.717) is 11.4 Å². The van der Waals surface area contributed by atoms with Crippen molar-refractivity contribution in [3.05, 3.63) is 90.2 Å². The molecular weight excluding hydrogens is 329 g/mol. The lowest BCUT2D eigenvalue weighted by Gasteiger charge is -2.16. The molecule has 0 fully saturated rings. The number of anilines is 3. The van der Waals surface area contributed by atoms with E-state index in [4.69, 9.17) is 0 Å². The number of urea groups is 1. The van der Waals surface area contributed by atoms with Crippen LogP contribution in [0.4, 0.5) is 26.2 Å². The van der Waals surface area contributed by atoms with Gasteiger partial charge in [-0.25, -0.2) is 9.18 Å². The Balaban J connectivity index is 1.55. The number of rotatable bonds is 5. The Morgan fingerprint density at radius 2 is 1.27 bits per heavy atom. The van der Waals surface area contributed by atoms with E-state index in [9.17, 15) is 9.18 Å². The zero-order valence-corrected chi connectivity index (χ0v) is 14.4. The summed E-state index contributed by atoms with van der Waals surface area (Å²) in [5.41, 5.74) is 3.36. The zero-order chi connectivity index (χ0) is 18.4. The second-order valence-electron chi connectivity index (χ2n) is 5.94. The maximum atomic E-state index is 12.9. The highest BCUT2D eigenvalue weighted by Gasteiger charge is 2.06. The monoisotopic (exact) mass is 349 g/mol. The Labute approximate surface area is 152 Å². The maximum absolute atomic E-state index is 12.9. The van der Waals surface area contributed by atoms with Gasteiger partial charge in [-0.2, -0.15) is 0 Å². The van der Waals surface area contributed by atoms with Crippen molar-refractivity contribution in [2.45, 2.75) is 13.0 Å². The van der Waals surface area contributed by atoms with Crippen LogP contribution in [0.25, 0.3) is 0 Å². The lowest BCUT2D eigenvalue weighted by molar-refractivity contribution is 0.262. The highest BCUT2D eigenvalue weighted by Crippen LogP contribution is 2.20. The van der Waals surface area contributed by atoms with Gasteiger partial charge in [0, 0.05) is 23.1 Å². The number of benzene rings is 3. The predicted octanol–water partition coefficient (Wildman–Crippen LogP) is 5.64. The molecule has 3 rings (SSSR count). The number of halogens is 1. The van der Waals surface area contributed by atoms with E-state index >= 15 is 0 Å². The van der Waals surface area contributed by atoms with Gasteiger partial charge in [-0.3, -0.25) is 0 Å². The van der Waals surface area contributed by atoms with E-state index in [-0.39, 0.29) is 17.9 Å². The topological polar surface area (TPSA) is 53.2 Å². The van der Waals surface area contributed by atoms with E-state index in [0.717, 1.165) is 5.69 Å². The third kappa shape index (κ3) is 4.83. The summed E-state index contributed by atoms with van der Waals surface area (Å²) >= 11 is 0. The van der Waals surface area contributed by atoms with Crippen molar-refractivity contribution in [3.8, 4) is 0 Å². The quantitative estimate of drug-likeness (QED) is 0.558. The van der Waals surface area contributed by atoms with E-state index in [1.807, 2.05) is 42.5 Å². The van der Waals surface area contributed by atoms with Crippen LogP contribution < -0.4 is 16.0 Å². The van der Waals surface area contributed by atoms with Gasteiger partial charge in [0.05, 0.1) is 0 Å². The summed E-state index contributed by atoms with van der Waals surface area (Å²) in [5, 5.41) is 8.82. The minimum Gasteiger partial charge on any atom is -0.379 e. The Kier molecular flexibility index (Phi) is 5.49. The van der Waals surface area contributed by atoms with Crippen LogP contribution in [-0.4, -0.2) is 6.03 Å². The van der Waals surface area contributed by atoms with Gasteiger partial charge in [0.15, 0.2) is 0 Å². The molecule has 2 amide bonds. The first-order chi connectivity index (χ1) is 12.6. The molecule has 0 aliphatic carbocycles. The second-order valence-corrected chi connectivity index (χ2v) is 5.94. The average molecular weight is 349 g/mol. The van der Waals surface area contributed by atoms with Crippen molar-refractivity contribution in [1.82, 2.24) is 0 Å². The van der Waals surface area contributed by atoms with Crippen molar-refractivity contribution >= 4 is 23.1 Å². The summed E-state index contributed by atoms with van der Waals surface area (Å²) in [6, 6.07) is 23.0. The van der Waals surface area contributed by atoms with Crippen LogP contribution >= 0.6 is 0 Å². The first kappa shape index (κ1) is 17.5. The molecule has 26 heavy (non-hydrogen) atoms. The first-order valence-electron chi connectivity index (χ1n) is 8.35. The third-order valence-electron chi connectivity index (χ3n) is 3.93. The molecule has 0 radical (unpaired) electrons. The van der Waals surface area contributed by atoms with Gasteiger partial charge >= 0.3 is 6.03 Å². The first-order valence-corrected chi connectivity index (χ1v) is 8.35. The molecule has 0 aromatic heterocycles. The average Bonchev–Trinajstić information content (AvgIpc) is 2.66. The molecule has 4 nitrogen and oxygen atoms in total. The summed E-state index contributed by atoms with van der Waals surface area (Å²) in [6.07, 6.45) is 0. The van der Waals surface area contributed by atoms with Gasteiger partial charge in [-0.05, 0) is 61.0 Å². The standard InChI is InChI=1S/C21H20FN3O/c1-15(16-5-3-2-4-6-16)23-18-11-13-20(14-12-18)25-21(26)24-19-9-7-17(22)8-10-19/h2-15,23H,1H3,(H2,24,25,26). The minimum absolute atomic E-state index is 0.178. The number of amides is 2. The van der Waals surface area contributed by atoms with Crippen molar-refractivity contribution in [2.24, 2.45) is 0 Å². The fraction of sp³-hybridized carbons (Fsp3) is 0.0952. The number of carbonyl (C=O) groups is 1. The van der Waals surface area contributed by atoms with E-state index in [2.05, 4.69) is 35.0 Å². The lowest BCUT2D eigenvalue weighted by Crippen LogP contribution is -2.19. The molecule has 0 aliphatic rings. The SMILES string of the molecule is CC(Nc1ccc(NC(=O)Nc2ccc(F)cc2)cc1)c1ccccc1. The molecule has 3 N–H and O–H groups in total. The van der Waals surface area contributed by atoms with E-state index in [1.165, 1.54) is 29.8 Å². The molecular formula is C21H20FN3O. The van der Waals surface area contributed by atoms with Gasteiger partial charge in [0.2, 0.25) is 0 Å². The highest BCUT2D eigenvalue weighted by molar-refractivity contribution is 5.99. The number of nitrogens with one attached hydrogen (secondary N) is 3. The largest absolute Gasteiger partial charge is 0.379 e. The second kappa shape index (κ2) is 8.16. The normalized spacial score (nSPS) is 11.5. The molecule has 3 aromatic carbocycles. The molecule has 0 saturated heterocycles. The Bertz CT molecular complexity index is 849. The Morgan fingerprint density at radius 1 is 0.769 bits per heavy atom. The van der Waals surface area contributed by atoms with Crippen LogP contribution in [-0.2, 0) is 0 Å². The van der Waals surface area contributed by atoms with Crippen LogP contribution in [0, 0.1) is 5.82 Å². The summed E-state index contributed by atoms with van der Waals surface area (Å²) in [6.45, 7) is 2.09. The molecule has 0 aliphatic heterocycles. The molecule has 1 unspecified atom stereocenters. The minimum atomic E-state index is -0.380. The van der Waals surface area contributed by atoms with Crippen molar-refractivity contribution < 1.29 is 9.18 Å². The predicted molar refractivity (Wildman–Crippen MR) is 104 cm³/mol. The molecule has 0 heterocycles. The maximum Gasteiger partial charge on any atom is 0.323 e. The van der Waals surface area contributed by atoms with Gasteiger partial charge in [-0.15, -0.1) is 0 Å². The van der Waals surface area contributed by atoms with E-state index < -0.39 is 0 Å². The zero-order valence-electron chi connectivity index (χ0n) is 14.4. The molecule has 0 spiro atoms. The molecule has 132 valence electrons. The fourth-order valence-corrected chi connectivity index (χ4v) is 2.55. The Morgan fingerprint density at radius 3 is 1.85 bits per heavy atom.